The summed E-state index contributed by atoms with van der Waals surface area (Å²) in [5, 5.41) is 9.69. The zero-order chi connectivity index (χ0) is 26.0. The van der Waals surface area contributed by atoms with Gasteiger partial charge in [-0.3, -0.25) is 4.98 Å². The Balaban J connectivity index is 1.59. The van der Waals surface area contributed by atoms with Crippen molar-refractivity contribution in [3.8, 4) is 11.1 Å². The second-order valence-corrected chi connectivity index (χ2v) is 12.0. The number of pyridine rings is 1. The van der Waals surface area contributed by atoms with E-state index in [0.717, 1.165) is 28.9 Å². The van der Waals surface area contributed by atoms with Gasteiger partial charge in [0, 0.05) is 30.2 Å². The fourth-order valence-electron chi connectivity index (χ4n) is 4.27. The fourth-order valence-corrected chi connectivity index (χ4v) is 5.38. The van der Waals surface area contributed by atoms with Crippen LogP contribution in [0.1, 0.15) is 56.2 Å². The monoisotopic (exact) mass is 507 g/mol. The first-order chi connectivity index (χ1) is 17.0. The molecule has 0 saturated carbocycles. The highest BCUT2D eigenvalue weighted by atomic mass is 32.2. The number of benzene rings is 2. The Morgan fingerprint density at radius 1 is 1.06 bits per heavy atom. The maximum Gasteiger partial charge on any atom is 0.205 e. The van der Waals surface area contributed by atoms with Crippen molar-refractivity contribution in [1.82, 2.24) is 9.88 Å². The van der Waals surface area contributed by atoms with E-state index >= 15 is 0 Å². The summed E-state index contributed by atoms with van der Waals surface area (Å²) >= 11 is 0. The van der Waals surface area contributed by atoms with Crippen molar-refractivity contribution in [2.75, 3.05) is 19.4 Å². The number of hydrogen-bond acceptors (Lipinski definition) is 6. The van der Waals surface area contributed by atoms with E-state index in [1.807, 2.05) is 38.5 Å². The van der Waals surface area contributed by atoms with Gasteiger partial charge in [0.15, 0.2) is 6.23 Å². The maximum atomic E-state index is 13.2. The molecular weight excluding hydrogens is 470 g/mol. The standard InChI is InChI=1S/C28H37N5O2S/c1-18(2)24-14-22(21-8-7-13-30-16-21)15-25(19(3)4)26(24)31-27-28(35-27)32-36(29,34)23-11-9-20(10-12-23)17-33(5)6/h7-16,18-19,27-28,31H,17H2,1-6H3,(H2,29,32,34). The van der Waals surface area contributed by atoms with Crippen LogP contribution in [0.25, 0.3) is 11.1 Å². The van der Waals surface area contributed by atoms with Crippen molar-refractivity contribution in [2.45, 2.75) is 63.4 Å². The smallest absolute Gasteiger partial charge is 0.205 e. The van der Waals surface area contributed by atoms with E-state index in [1.165, 1.54) is 11.1 Å². The quantitative estimate of drug-likeness (QED) is 0.370. The summed E-state index contributed by atoms with van der Waals surface area (Å²) in [6.07, 6.45) is 2.73. The average Bonchev–Trinajstić information content (AvgIpc) is 3.55. The Morgan fingerprint density at radius 3 is 2.22 bits per heavy atom. The second kappa shape index (κ2) is 10.7. The van der Waals surface area contributed by atoms with Gasteiger partial charge in [0.2, 0.25) is 6.23 Å². The third kappa shape index (κ3) is 6.13. The largest absolute Gasteiger partial charge is 0.356 e. The molecule has 36 heavy (non-hydrogen) atoms. The first-order valence-corrected chi connectivity index (χ1v) is 13.9. The van der Waals surface area contributed by atoms with Crippen molar-refractivity contribution in [2.24, 2.45) is 9.50 Å². The minimum Gasteiger partial charge on any atom is -0.356 e. The molecule has 0 aliphatic carbocycles. The van der Waals surface area contributed by atoms with Gasteiger partial charge in [-0.1, -0.05) is 45.9 Å². The van der Waals surface area contributed by atoms with Crippen molar-refractivity contribution < 1.29 is 8.95 Å². The first kappa shape index (κ1) is 26.3. The minimum absolute atomic E-state index is 0.287. The van der Waals surface area contributed by atoms with Gasteiger partial charge in [0.25, 0.3) is 0 Å². The summed E-state index contributed by atoms with van der Waals surface area (Å²) in [6, 6.07) is 15.9. The van der Waals surface area contributed by atoms with Gasteiger partial charge in [-0.15, -0.1) is 0 Å². The van der Waals surface area contributed by atoms with E-state index in [-0.39, 0.29) is 18.1 Å². The first-order valence-electron chi connectivity index (χ1n) is 12.3. The number of aromatic nitrogens is 1. The van der Waals surface area contributed by atoms with Crippen LogP contribution in [-0.2, 0) is 21.2 Å². The molecule has 3 unspecified atom stereocenters. The molecule has 1 aliphatic heterocycles. The molecule has 192 valence electrons. The molecule has 2 aromatic carbocycles. The highest BCUT2D eigenvalue weighted by molar-refractivity contribution is 7.91. The lowest BCUT2D eigenvalue weighted by atomic mass is 9.88. The van der Waals surface area contributed by atoms with Crippen LogP contribution < -0.4 is 10.5 Å². The predicted molar refractivity (Wildman–Crippen MR) is 147 cm³/mol. The molecule has 3 atom stereocenters. The number of hydrogen-bond donors (Lipinski definition) is 2. The van der Waals surface area contributed by atoms with Crippen LogP contribution in [0.2, 0.25) is 0 Å². The van der Waals surface area contributed by atoms with Gasteiger partial charge in [0.05, 0.1) is 4.90 Å². The van der Waals surface area contributed by atoms with Gasteiger partial charge < -0.3 is 15.0 Å². The number of nitrogens with zero attached hydrogens (tertiary/aromatic N) is 3. The molecule has 0 bridgehead atoms. The van der Waals surface area contributed by atoms with Crippen LogP contribution in [0.3, 0.4) is 0 Å². The van der Waals surface area contributed by atoms with Crippen molar-refractivity contribution in [3.63, 3.8) is 0 Å². The molecule has 3 aromatic rings. The van der Waals surface area contributed by atoms with Crippen LogP contribution in [-0.4, -0.2) is 40.6 Å². The van der Waals surface area contributed by atoms with E-state index in [0.29, 0.717) is 4.90 Å². The SMILES string of the molecule is CC(C)c1cc(-c2cccnc2)cc(C(C)C)c1NC1OC1N=S(N)(=O)c1ccc(CN(C)C)cc1. The third-order valence-electron chi connectivity index (χ3n) is 6.21. The summed E-state index contributed by atoms with van der Waals surface area (Å²) in [6.45, 7) is 9.52. The van der Waals surface area contributed by atoms with Gasteiger partial charge in [-0.2, -0.15) is 4.36 Å². The predicted octanol–water partition coefficient (Wildman–Crippen LogP) is 5.55. The number of nitrogens with two attached hydrogens (primary N) is 1. The molecule has 0 radical (unpaired) electrons. The van der Waals surface area contributed by atoms with Crippen molar-refractivity contribution >= 4 is 15.6 Å². The summed E-state index contributed by atoms with van der Waals surface area (Å²) in [7, 11) is 0.944. The molecule has 3 N–H and O–H groups in total. The lowest BCUT2D eigenvalue weighted by Crippen LogP contribution is -2.17. The summed E-state index contributed by atoms with van der Waals surface area (Å²) in [4.78, 5) is 6.87. The Morgan fingerprint density at radius 2 is 1.69 bits per heavy atom. The number of ether oxygens (including phenoxy) is 1. The van der Waals surface area contributed by atoms with E-state index < -0.39 is 16.1 Å². The molecule has 1 saturated heterocycles. The Bertz CT molecular complexity index is 1280. The maximum absolute atomic E-state index is 13.2. The van der Waals surface area contributed by atoms with Crippen molar-refractivity contribution in [3.05, 3.63) is 77.6 Å². The molecule has 0 amide bonds. The molecule has 4 rings (SSSR count). The fraction of sp³-hybridized carbons (Fsp3) is 0.393. The van der Waals surface area contributed by atoms with E-state index in [4.69, 9.17) is 9.88 Å². The number of epoxide rings is 1. The van der Waals surface area contributed by atoms with Gasteiger partial charge in [0.1, 0.15) is 9.92 Å². The molecule has 2 heterocycles. The van der Waals surface area contributed by atoms with Crippen LogP contribution in [0.4, 0.5) is 5.69 Å². The van der Waals surface area contributed by atoms with E-state index in [1.54, 1.807) is 18.3 Å². The second-order valence-electron chi connectivity index (χ2n) is 10.2. The minimum atomic E-state index is -3.07. The molecule has 7 nitrogen and oxygen atoms in total. The molecule has 1 fully saturated rings. The lowest BCUT2D eigenvalue weighted by Gasteiger charge is -2.22. The summed E-state index contributed by atoms with van der Waals surface area (Å²) in [5.41, 5.74) is 6.79. The normalized spacial score (nSPS) is 18.9. The zero-order valence-electron chi connectivity index (χ0n) is 21.9. The highest BCUT2D eigenvalue weighted by Crippen LogP contribution is 2.39. The third-order valence-corrected chi connectivity index (χ3v) is 7.68. The average molecular weight is 508 g/mol. The van der Waals surface area contributed by atoms with Gasteiger partial charge in [-0.05, 0) is 78.5 Å². The van der Waals surface area contributed by atoms with Gasteiger partial charge >= 0.3 is 0 Å². The van der Waals surface area contributed by atoms with Crippen LogP contribution >= 0.6 is 0 Å². The number of rotatable bonds is 9. The zero-order valence-corrected chi connectivity index (χ0v) is 22.8. The van der Waals surface area contributed by atoms with Gasteiger partial charge in [-0.25, -0.2) is 9.35 Å². The molecule has 1 aliphatic rings. The van der Waals surface area contributed by atoms with Crippen LogP contribution in [0.5, 0.6) is 0 Å². The summed E-state index contributed by atoms with van der Waals surface area (Å²) in [5.74, 6) is 0.574. The molecule has 8 heteroatoms. The Kier molecular flexibility index (Phi) is 7.80. The van der Waals surface area contributed by atoms with E-state index in [2.05, 4.69) is 65.5 Å². The van der Waals surface area contributed by atoms with E-state index in [9.17, 15) is 4.21 Å². The highest BCUT2D eigenvalue weighted by Gasteiger charge is 2.41. The molecule has 0 spiro atoms. The molecule has 1 aromatic heterocycles. The topological polar surface area (TPSA) is 96.1 Å². The molecular formula is C28H37N5O2S. The number of anilines is 1. The lowest BCUT2D eigenvalue weighted by molar-refractivity contribution is 0.387. The number of nitrogens with one attached hydrogen (secondary N) is 1. The van der Waals surface area contributed by atoms with Crippen LogP contribution in [0.15, 0.2) is 70.2 Å². The van der Waals surface area contributed by atoms with Crippen molar-refractivity contribution in [1.29, 1.82) is 0 Å². The van der Waals surface area contributed by atoms with Crippen LogP contribution in [0, 0.1) is 0 Å². The summed E-state index contributed by atoms with van der Waals surface area (Å²) < 4.78 is 23.4. The Labute approximate surface area is 215 Å². The Hall–Kier alpha value is -2.78.